The van der Waals surface area contributed by atoms with Crippen molar-refractivity contribution in [1.82, 2.24) is 0 Å². The van der Waals surface area contributed by atoms with Crippen molar-refractivity contribution in [2.45, 2.75) is 119 Å². The molecule has 0 aromatic carbocycles. The lowest BCUT2D eigenvalue weighted by atomic mass is 9.31. The average Bonchev–Trinajstić information content (AvgIpc) is 2.72. The van der Waals surface area contributed by atoms with Gasteiger partial charge in [-0.15, -0.1) is 0 Å². The summed E-state index contributed by atoms with van der Waals surface area (Å²) in [5.41, 5.74) is 3.04. The lowest BCUT2D eigenvalue weighted by molar-refractivity contribution is -0.240. The first kappa shape index (κ1) is 23.4. The van der Waals surface area contributed by atoms with E-state index in [1.54, 1.807) is 5.57 Å². The third-order valence-corrected chi connectivity index (χ3v) is 13.1. The molecular formula is C30H50O2. The molecule has 0 aliphatic heterocycles. The van der Waals surface area contributed by atoms with E-state index in [1.807, 2.05) is 0 Å². The van der Waals surface area contributed by atoms with Gasteiger partial charge < -0.3 is 10.2 Å². The van der Waals surface area contributed by atoms with E-state index < -0.39 is 0 Å². The summed E-state index contributed by atoms with van der Waals surface area (Å²) in [4.78, 5) is 0. The van der Waals surface area contributed by atoms with E-state index in [0.29, 0.717) is 40.1 Å². The van der Waals surface area contributed by atoms with Crippen LogP contribution in [0.3, 0.4) is 0 Å². The first-order chi connectivity index (χ1) is 14.8. The minimum Gasteiger partial charge on any atom is -0.396 e. The Balaban J connectivity index is 1.57. The molecule has 0 saturated heterocycles. The van der Waals surface area contributed by atoms with Crippen LogP contribution in [0.4, 0.5) is 0 Å². The molecular weight excluding hydrogens is 392 g/mol. The third-order valence-electron chi connectivity index (χ3n) is 13.1. The summed E-state index contributed by atoms with van der Waals surface area (Å²) in [5.74, 6) is 1.99. The summed E-state index contributed by atoms with van der Waals surface area (Å²) < 4.78 is 0. The second-order valence-electron chi connectivity index (χ2n) is 15.1. The van der Waals surface area contributed by atoms with Crippen LogP contribution in [0, 0.1) is 50.2 Å². The molecule has 0 bridgehead atoms. The monoisotopic (exact) mass is 442 g/mol. The lowest BCUT2D eigenvalue weighted by Crippen LogP contribution is -2.66. The Kier molecular flexibility index (Phi) is 5.02. The van der Waals surface area contributed by atoms with Gasteiger partial charge in [-0.05, 0) is 109 Å². The molecule has 0 amide bonds. The van der Waals surface area contributed by atoms with Gasteiger partial charge in [-0.2, -0.15) is 0 Å². The van der Waals surface area contributed by atoms with Gasteiger partial charge in [0.2, 0.25) is 0 Å². The van der Waals surface area contributed by atoms with Crippen LogP contribution in [-0.4, -0.2) is 22.9 Å². The number of rotatable bonds is 1. The summed E-state index contributed by atoms with van der Waals surface area (Å²) in [6, 6.07) is 0. The van der Waals surface area contributed by atoms with E-state index in [-0.39, 0.29) is 16.9 Å². The number of hydrogen-bond donors (Lipinski definition) is 2. The Bertz CT molecular complexity index is 810. The normalized spacial score (nSPS) is 53.8. The molecule has 0 radical (unpaired) electrons. The number of allylic oxidation sites excluding steroid dienone is 1. The predicted molar refractivity (Wildman–Crippen MR) is 132 cm³/mol. The maximum Gasteiger partial charge on any atom is 0.0628 e. The topological polar surface area (TPSA) is 40.5 Å². The first-order valence-corrected chi connectivity index (χ1v) is 13.8. The Hall–Kier alpha value is -0.340. The van der Waals surface area contributed by atoms with Gasteiger partial charge in [0.1, 0.15) is 0 Å². The zero-order chi connectivity index (χ0) is 23.4. The fraction of sp³-hybridized carbons (Fsp3) is 0.933. The van der Waals surface area contributed by atoms with E-state index in [9.17, 15) is 10.2 Å². The number of aliphatic hydroxyl groups is 2. The zero-order valence-corrected chi connectivity index (χ0v) is 22.1. The summed E-state index contributed by atoms with van der Waals surface area (Å²) in [6.45, 7) is 17.9. The SMILES string of the molecule is CC1(C)CC[C@]2(CO)CC[C@]3(C)[C@H]4CC=C5[C@@H](CC[C@H](O)C5(C)C)[C@]4(C)CC[C@@]3(C)[C@@H]2C1. The van der Waals surface area contributed by atoms with Gasteiger partial charge >= 0.3 is 0 Å². The van der Waals surface area contributed by atoms with Crippen LogP contribution in [-0.2, 0) is 0 Å². The fourth-order valence-corrected chi connectivity index (χ4v) is 10.5. The minimum atomic E-state index is -0.195. The Labute approximate surface area is 197 Å². The Morgan fingerprint density at radius 3 is 2.12 bits per heavy atom. The Morgan fingerprint density at radius 2 is 1.44 bits per heavy atom. The standard InChI is InChI=1S/C30H50O2/c1-25(2)12-16-30(19-31)17-15-28(6)22-10-8-20-21(9-11-24(32)26(20,3)4)27(22,5)13-14-29(28,7)23(30)18-25/h8,21-24,31-32H,9-19H2,1-7H3/t21-,22+,23+,24+,27+,28-,29+,30-/m1/s1. The van der Waals surface area contributed by atoms with E-state index in [4.69, 9.17) is 0 Å². The summed E-state index contributed by atoms with van der Waals surface area (Å²) >= 11 is 0. The Morgan fingerprint density at radius 1 is 0.812 bits per heavy atom. The van der Waals surface area contributed by atoms with Crippen molar-refractivity contribution in [1.29, 1.82) is 0 Å². The number of fused-ring (bicyclic) bond motifs is 7. The van der Waals surface area contributed by atoms with Gasteiger partial charge in [-0.3, -0.25) is 0 Å². The molecule has 4 saturated carbocycles. The van der Waals surface area contributed by atoms with Crippen LogP contribution in [0.25, 0.3) is 0 Å². The predicted octanol–water partition coefficient (Wildman–Crippen LogP) is 7.14. The van der Waals surface area contributed by atoms with E-state index in [0.717, 1.165) is 18.8 Å². The van der Waals surface area contributed by atoms with Crippen LogP contribution in [0.1, 0.15) is 113 Å². The molecule has 5 rings (SSSR count). The second-order valence-corrected chi connectivity index (χ2v) is 15.1. The van der Waals surface area contributed by atoms with Crippen molar-refractivity contribution in [3.05, 3.63) is 11.6 Å². The highest BCUT2D eigenvalue weighted by Gasteiger charge is 2.69. The van der Waals surface area contributed by atoms with E-state index in [1.165, 1.54) is 51.4 Å². The molecule has 2 N–H and O–H groups in total. The summed E-state index contributed by atoms with van der Waals surface area (Å²) in [5, 5.41) is 21.5. The van der Waals surface area contributed by atoms with Crippen LogP contribution in [0.2, 0.25) is 0 Å². The highest BCUT2D eigenvalue weighted by Crippen LogP contribution is 2.77. The van der Waals surface area contributed by atoms with Crippen molar-refractivity contribution in [2.75, 3.05) is 6.61 Å². The van der Waals surface area contributed by atoms with Crippen LogP contribution < -0.4 is 0 Å². The van der Waals surface area contributed by atoms with Crippen molar-refractivity contribution in [3.63, 3.8) is 0 Å². The van der Waals surface area contributed by atoms with Gasteiger partial charge in [0.25, 0.3) is 0 Å². The molecule has 32 heavy (non-hydrogen) atoms. The fourth-order valence-electron chi connectivity index (χ4n) is 10.5. The molecule has 5 aliphatic carbocycles. The maximum absolute atomic E-state index is 10.8. The van der Waals surface area contributed by atoms with Gasteiger partial charge in [0, 0.05) is 12.0 Å². The van der Waals surface area contributed by atoms with Gasteiger partial charge in [-0.1, -0.05) is 60.1 Å². The number of hydrogen-bond acceptors (Lipinski definition) is 2. The molecule has 2 heteroatoms. The van der Waals surface area contributed by atoms with Crippen LogP contribution >= 0.6 is 0 Å². The smallest absolute Gasteiger partial charge is 0.0628 e. The lowest BCUT2D eigenvalue weighted by Gasteiger charge is -2.73. The molecule has 4 fully saturated rings. The largest absolute Gasteiger partial charge is 0.396 e. The first-order valence-electron chi connectivity index (χ1n) is 13.8. The molecule has 5 aliphatic rings. The molecule has 8 atom stereocenters. The zero-order valence-electron chi connectivity index (χ0n) is 22.1. The molecule has 0 heterocycles. The van der Waals surface area contributed by atoms with Gasteiger partial charge in [0.05, 0.1) is 6.10 Å². The highest BCUT2D eigenvalue weighted by atomic mass is 16.3. The molecule has 2 nitrogen and oxygen atoms in total. The molecule has 0 aromatic rings. The van der Waals surface area contributed by atoms with E-state index >= 15 is 0 Å². The maximum atomic E-state index is 10.8. The van der Waals surface area contributed by atoms with Crippen molar-refractivity contribution in [2.24, 2.45) is 50.2 Å². The van der Waals surface area contributed by atoms with Gasteiger partial charge in [-0.25, -0.2) is 0 Å². The number of aliphatic hydroxyl groups excluding tert-OH is 2. The second kappa shape index (κ2) is 6.87. The molecule has 182 valence electrons. The molecule has 0 aromatic heterocycles. The van der Waals surface area contributed by atoms with Crippen molar-refractivity contribution < 1.29 is 10.2 Å². The minimum absolute atomic E-state index is 0.0788. The van der Waals surface area contributed by atoms with Crippen LogP contribution in [0.15, 0.2) is 11.6 Å². The molecule has 0 unspecified atom stereocenters. The third kappa shape index (κ3) is 2.78. The average molecular weight is 443 g/mol. The van der Waals surface area contributed by atoms with Crippen LogP contribution in [0.5, 0.6) is 0 Å². The van der Waals surface area contributed by atoms with Gasteiger partial charge in [0.15, 0.2) is 0 Å². The quantitative estimate of drug-likeness (QED) is 0.424. The molecule has 0 spiro atoms. The van der Waals surface area contributed by atoms with Crippen molar-refractivity contribution in [3.8, 4) is 0 Å². The highest BCUT2D eigenvalue weighted by molar-refractivity contribution is 5.30. The summed E-state index contributed by atoms with van der Waals surface area (Å²) in [6.07, 6.45) is 14.6. The van der Waals surface area contributed by atoms with Crippen molar-refractivity contribution >= 4 is 0 Å². The summed E-state index contributed by atoms with van der Waals surface area (Å²) in [7, 11) is 0. The van der Waals surface area contributed by atoms with E-state index in [2.05, 4.69) is 54.5 Å².